The summed E-state index contributed by atoms with van der Waals surface area (Å²) in [4.78, 5) is 3.95. The highest BCUT2D eigenvalue weighted by atomic mass is 79.9. The minimum atomic E-state index is -0.526. The molecule has 0 radical (unpaired) electrons. The van der Waals surface area contributed by atoms with Gasteiger partial charge in [0, 0.05) is 18.5 Å². The van der Waals surface area contributed by atoms with Gasteiger partial charge >= 0.3 is 0 Å². The van der Waals surface area contributed by atoms with Gasteiger partial charge in [0.1, 0.15) is 0 Å². The van der Waals surface area contributed by atoms with Crippen LogP contribution in [0.25, 0.3) is 5.65 Å². The van der Waals surface area contributed by atoms with Gasteiger partial charge < -0.3 is 0 Å². The maximum atomic E-state index is 12.6. The number of rotatable bonds is 0. The summed E-state index contributed by atoms with van der Waals surface area (Å²) in [5.41, 5.74) is 0.617. The van der Waals surface area contributed by atoms with E-state index < -0.39 is 5.95 Å². The van der Waals surface area contributed by atoms with E-state index in [-0.39, 0.29) is 0 Å². The van der Waals surface area contributed by atoms with E-state index in [0.717, 1.165) is 0 Å². The topological polar surface area (TPSA) is 30.2 Å². The zero-order chi connectivity index (χ0) is 7.84. The van der Waals surface area contributed by atoms with Crippen molar-refractivity contribution in [3.63, 3.8) is 0 Å². The predicted octanol–water partition coefficient (Wildman–Crippen LogP) is 1.63. The molecular formula is C6H3BrFN3. The van der Waals surface area contributed by atoms with Crippen molar-refractivity contribution in [3.05, 3.63) is 28.9 Å². The molecule has 0 spiro atoms. The van der Waals surface area contributed by atoms with Gasteiger partial charge in [0.25, 0.3) is 0 Å². The number of hydrogen-bond donors (Lipinski definition) is 0. The predicted molar refractivity (Wildman–Crippen MR) is 40.6 cm³/mol. The molecule has 0 amide bonds. The maximum absolute atomic E-state index is 12.6. The van der Waals surface area contributed by atoms with Crippen LogP contribution in [0.4, 0.5) is 4.39 Å². The molecule has 0 fully saturated rings. The Bertz CT molecular complexity index is 398. The Hall–Kier alpha value is -0.970. The lowest BCUT2D eigenvalue weighted by molar-refractivity contribution is 0.554. The van der Waals surface area contributed by atoms with Crippen molar-refractivity contribution < 1.29 is 4.39 Å². The van der Waals surface area contributed by atoms with Gasteiger partial charge in [0.15, 0.2) is 5.65 Å². The van der Waals surface area contributed by atoms with Gasteiger partial charge in [-0.2, -0.15) is 4.39 Å². The van der Waals surface area contributed by atoms with Crippen molar-refractivity contribution in [2.75, 3.05) is 0 Å². The Labute approximate surface area is 70.0 Å². The van der Waals surface area contributed by atoms with Crippen molar-refractivity contribution in [3.8, 4) is 0 Å². The monoisotopic (exact) mass is 215 g/mol. The number of imidazole rings is 1. The minimum absolute atomic E-state index is 0.526. The average Bonchev–Trinajstić information content (AvgIpc) is 2.34. The molecule has 0 saturated carbocycles. The largest absolute Gasteiger partial charge is 0.235 e. The Morgan fingerprint density at radius 3 is 3.18 bits per heavy atom. The first-order chi connectivity index (χ1) is 5.27. The fourth-order valence-corrected chi connectivity index (χ4v) is 1.32. The van der Waals surface area contributed by atoms with Crippen LogP contribution in [0.1, 0.15) is 0 Å². The van der Waals surface area contributed by atoms with E-state index in [2.05, 4.69) is 26.0 Å². The van der Waals surface area contributed by atoms with Crippen molar-refractivity contribution >= 4 is 21.6 Å². The lowest BCUT2D eigenvalue weighted by Gasteiger charge is -1.93. The molecule has 5 heteroatoms. The molecule has 0 bridgehead atoms. The summed E-state index contributed by atoms with van der Waals surface area (Å²) < 4.78 is 14.6. The van der Waals surface area contributed by atoms with E-state index in [1.54, 1.807) is 12.4 Å². The average molecular weight is 216 g/mol. The van der Waals surface area contributed by atoms with Crippen molar-refractivity contribution in [1.82, 2.24) is 14.6 Å². The standard InChI is InChI=1S/C6H3BrFN3/c7-4-3-5(8)10-11-2-1-9-6(4)11/h1-3H. The van der Waals surface area contributed by atoms with Crippen LogP contribution in [0, 0.1) is 5.95 Å². The summed E-state index contributed by atoms with van der Waals surface area (Å²) in [6.45, 7) is 0. The zero-order valence-corrected chi connectivity index (χ0v) is 6.92. The third-order valence-electron chi connectivity index (χ3n) is 1.28. The minimum Gasteiger partial charge on any atom is -0.235 e. The summed E-state index contributed by atoms with van der Waals surface area (Å²) in [6, 6.07) is 1.28. The maximum Gasteiger partial charge on any atom is 0.232 e. The van der Waals surface area contributed by atoms with Crippen LogP contribution in [0.5, 0.6) is 0 Å². The molecule has 2 aromatic heterocycles. The summed E-state index contributed by atoms with van der Waals surface area (Å²) in [5.74, 6) is -0.526. The first-order valence-corrected chi connectivity index (χ1v) is 3.72. The fraction of sp³-hybridized carbons (Fsp3) is 0. The van der Waals surface area contributed by atoms with Gasteiger partial charge in [-0.1, -0.05) is 0 Å². The number of hydrogen-bond acceptors (Lipinski definition) is 2. The zero-order valence-electron chi connectivity index (χ0n) is 5.33. The smallest absolute Gasteiger partial charge is 0.232 e. The second-order valence-electron chi connectivity index (χ2n) is 2.01. The number of halogens is 2. The summed E-state index contributed by atoms with van der Waals surface area (Å²) in [5, 5.41) is 3.55. The molecule has 0 aliphatic heterocycles. The first-order valence-electron chi connectivity index (χ1n) is 2.93. The lowest BCUT2D eigenvalue weighted by Crippen LogP contribution is -1.94. The van der Waals surface area contributed by atoms with E-state index in [1.807, 2.05) is 0 Å². The normalized spacial score (nSPS) is 10.7. The number of nitrogens with zero attached hydrogens (tertiary/aromatic N) is 3. The van der Waals surface area contributed by atoms with Crippen molar-refractivity contribution in [2.24, 2.45) is 0 Å². The van der Waals surface area contributed by atoms with Crippen LogP contribution in [-0.2, 0) is 0 Å². The molecule has 3 nitrogen and oxygen atoms in total. The SMILES string of the molecule is Fc1cc(Br)c2nccn2n1. The van der Waals surface area contributed by atoms with Crippen LogP contribution in [0.3, 0.4) is 0 Å². The summed E-state index contributed by atoms with van der Waals surface area (Å²) in [7, 11) is 0. The van der Waals surface area contributed by atoms with E-state index in [1.165, 1.54) is 10.6 Å². The Morgan fingerprint density at radius 2 is 2.36 bits per heavy atom. The molecule has 0 aliphatic carbocycles. The summed E-state index contributed by atoms with van der Waals surface area (Å²) >= 11 is 3.16. The highest BCUT2D eigenvalue weighted by Gasteiger charge is 2.02. The van der Waals surface area contributed by atoms with Crippen LogP contribution >= 0.6 is 15.9 Å². The first kappa shape index (κ1) is 6.72. The molecule has 0 saturated heterocycles. The Balaban J connectivity index is 2.91. The van der Waals surface area contributed by atoms with Crippen LogP contribution in [-0.4, -0.2) is 14.6 Å². The third kappa shape index (κ3) is 1.01. The van der Waals surface area contributed by atoms with Gasteiger partial charge in [-0.25, -0.2) is 9.50 Å². The molecule has 2 aromatic rings. The fourth-order valence-electron chi connectivity index (χ4n) is 0.850. The van der Waals surface area contributed by atoms with E-state index in [4.69, 9.17) is 0 Å². The van der Waals surface area contributed by atoms with Gasteiger partial charge in [0.05, 0.1) is 4.47 Å². The molecule has 2 rings (SSSR count). The van der Waals surface area contributed by atoms with Crippen LogP contribution < -0.4 is 0 Å². The molecule has 0 unspecified atom stereocenters. The van der Waals surface area contributed by atoms with E-state index in [0.29, 0.717) is 10.1 Å². The summed E-state index contributed by atoms with van der Waals surface area (Å²) in [6.07, 6.45) is 3.15. The lowest BCUT2D eigenvalue weighted by atomic mass is 10.5. The van der Waals surface area contributed by atoms with Gasteiger partial charge in [-0.3, -0.25) is 0 Å². The third-order valence-corrected chi connectivity index (χ3v) is 1.87. The molecule has 56 valence electrons. The van der Waals surface area contributed by atoms with Crippen molar-refractivity contribution in [2.45, 2.75) is 0 Å². The molecule has 0 aliphatic rings. The molecule has 2 heterocycles. The quantitative estimate of drug-likeness (QED) is 0.669. The number of fused-ring (bicyclic) bond motifs is 1. The highest BCUT2D eigenvalue weighted by molar-refractivity contribution is 9.10. The molecule has 0 N–H and O–H groups in total. The molecule has 0 atom stereocenters. The molecule has 11 heavy (non-hydrogen) atoms. The van der Waals surface area contributed by atoms with Gasteiger partial charge in [-0.05, 0) is 15.9 Å². The Kier molecular flexibility index (Phi) is 1.38. The highest BCUT2D eigenvalue weighted by Crippen LogP contribution is 2.15. The van der Waals surface area contributed by atoms with Crippen LogP contribution in [0.2, 0.25) is 0 Å². The second-order valence-corrected chi connectivity index (χ2v) is 2.86. The van der Waals surface area contributed by atoms with Crippen LogP contribution in [0.15, 0.2) is 22.9 Å². The number of aromatic nitrogens is 3. The van der Waals surface area contributed by atoms with E-state index >= 15 is 0 Å². The van der Waals surface area contributed by atoms with Gasteiger partial charge in [0.2, 0.25) is 5.95 Å². The second kappa shape index (κ2) is 2.27. The molecular weight excluding hydrogens is 213 g/mol. The molecule has 0 aromatic carbocycles. The van der Waals surface area contributed by atoms with Gasteiger partial charge in [-0.15, -0.1) is 5.10 Å². The van der Waals surface area contributed by atoms with Crippen molar-refractivity contribution in [1.29, 1.82) is 0 Å². The Morgan fingerprint density at radius 1 is 1.55 bits per heavy atom. The van der Waals surface area contributed by atoms with E-state index in [9.17, 15) is 4.39 Å².